The number of carbonyl (C=O) groups is 1. The van der Waals surface area contributed by atoms with Crippen molar-refractivity contribution in [2.45, 2.75) is 57.4 Å². The van der Waals surface area contributed by atoms with Gasteiger partial charge in [-0.15, -0.1) is 0 Å². The van der Waals surface area contributed by atoms with Gasteiger partial charge in [0.15, 0.2) is 6.23 Å². The molecular weight excluding hydrogens is 481 g/mol. The molecule has 1 aromatic carbocycles. The standard InChI is InChI=1S/C21H30N5O8P/c1-12(2)32-20(28)13(3)25-35(30,34-14-7-5-4-6-8-14)31-11-15-18(27)17(23)19(33-15)26-10-9-16(22)24-21(26)29/h4-10,12-13,15,17-19,27H,11,23H2,1-3H3,(H,25,30)(H2,22,24,29)/t13-,15-,17-,18-,19-,35?/m1/s1. The first-order valence-electron chi connectivity index (χ1n) is 10.9. The number of ether oxygens (including phenoxy) is 2. The predicted octanol–water partition coefficient (Wildman–Crippen LogP) is 0.545. The van der Waals surface area contributed by atoms with Crippen molar-refractivity contribution in [1.82, 2.24) is 14.6 Å². The van der Waals surface area contributed by atoms with Crippen LogP contribution in [0.3, 0.4) is 0 Å². The van der Waals surface area contributed by atoms with Crippen LogP contribution in [0.5, 0.6) is 5.75 Å². The lowest BCUT2D eigenvalue weighted by Crippen LogP contribution is -2.42. The molecule has 1 aliphatic rings. The van der Waals surface area contributed by atoms with Gasteiger partial charge in [0.1, 0.15) is 29.8 Å². The number of hydrogen-bond acceptors (Lipinski definition) is 11. The van der Waals surface area contributed by atoms with Crippen LogP contribution >= 0.6 is 7.75 Å². The predicted molar refractivity (Wildman–Crippen MR) is 125 cm³/mol. The van der Waals surface area contributed by atoms with E-state index in [-0.39, 0.29) is 17.7 Å². The van der Waals surface area contributed by atoms with Crippen molar-refractivity contribution in [3.8, 4) is 5.75 Å². The van der Waals surface area contributed by atoms with Gasteiger partial charge in [0.2, 0.25) is 0 Å². The zero-order chi connectivity index (χ0) is 25.8. The zero-order valence-electron chi connectivity index (χ0n) is 19.5. The minimum absolute atomic E-state index is 0.0217. The molecule has 0 radical (unpaired) electrons. The number of nitrogen functional groups attached to an aromatic ring is 1. The summed E-state index contributed by atoms with van der Waals surface area (Å²) in [5.74, 6) is -0.418. The topological polar surface area (TPSA) is 190 Å². The van der Waals surface area contributed by atoms with E-state index >= 15 is 0 Å². The third-order valence-corrected chi connectivity index (χ3v) is 6.62. The van der Waals surface area contributed by atoms with E-state index in [1.54, 1.807) is 44.2 Å². The van der Waals surface area contributed by atoms with Gasteiger partial charge in [0.25, 0.3) is 0 Å². The molecule has 192 valence electrons. The lowest BCUT2D eigenvalue weighted by molar-refractivity contribution is -0.149. The van der Waals surface area contributed by atoms with Crippen LogP contribution in [-0.4, -0.2) is 57.6 Å². The molecule has 0 bridgehead atoms. The SMILES string of the molecule is CC(C)OC(=O)[C@@H](C)NP(=O)(OC[C@H]1O[C@@H](n2ccc(N)nc2=O)[C@H](N)[C@@H]1O)Oc1ccccc1. The Balaban J connectivity index is 1.75. The normalized spacial score (nSPS) is 24.6. The number of aliphatic hydroxyl groups is 1. The number of nitrogens with zero attached hydrogens (tertiary/aromatic N) is 2. The van der Waals surface area contributed by atoms with Gasteiger partial charge in [-0.25, -0.2) is 9.36 Å². The maximum absolute atomic E-state index is 13.6. The zero-order valence-corrected chi connectivity index (χ0v) is 20.4. The maximum Gasteiger partial charge on any atom is 0.459 e. The van der Waals surface area contributed by atoms with Gasteiger partial charge in [0, 0.05) is 6.20 Å². The van der Waals surface area contributed by atoms with Crippen LogP contribution in [0.4, 0.5) is 5.82 Å². The summed E-state index contributed by atoms with van der Waals surface area (Å²) in [4.78, 5) is 28.0. The number of nitrogens with two attached hydrogens (primary N) is 2. The molecule has 3 rings (SSSR count). The first-order chi connectivity index (χ1) is 16.5. The Labute approximate surface area is 201 Å². The van der Waals surface area contributed by atoms with Crippen molar-refractivity contribution in [2.24, 2.45) is 5.73 Å². The van der Waals surface area contributed by atoms with Crippen molar-refractivity contribution in [2.75, 3.05) is 12.3 Å². The summed E-state index contributed by atoms with van der Waals surface area (Å²) in [6, 6.07) is 7.52. The van der Waals surface area contributed by atoms with E-state index in [1.165, 1.54) is 19.2 Å². The molecule has 1 unspecified atom stereocenters. The summed E-state index contributed by atoms with van der Waals surface area (Å²) in [5, 5.41) is 13.1. The van der Waals surface area contributed by atoms with Gasteiger partial charge in [-0.1, -0.05) is 18.2 Å². The molecule has 14 heteroatoms. The third-order valence-electron chi connectivity index (χ3n) is 4.98. The molecule has 0 spiro atoms. The van der Waals surface area contributed by atoms with E-state index in [9.17, 15) is 19.3 Å². The second kappa shape index (κ2) is 11.3. The van der Waals surface area contributed by atoms with Crippen LogP contribution in [0, 0.1) is 0 Å². The molecule has 1 aliphatic heterocycles. The molecule has 1 fully saturated rings. The number of benzene rings is 1. The van der Waals surface area contributed by atoms with Gasteiger partial charge < -0.3 is 30.6 Å². The van der Waals surface area contributed by atoms with E-state index in [0.29, 0.717) is 0 Å². The van der Waals surface area contributed by atoms with E-state index in [4.69, 9.17) is 30.0 Å². The van der Waals surface area contributed by atoms with Gasteiger partial charge in [-0.3, -0.25) is 13.9 Å². The fourth-order valence-corrected chi connectivity index (χ4v) is 4.78. The van der Waals surface area contributed by atoms with Crippen LogP contribution in [0.15, 0.2) is 47.4 Å². The van der Waals surface area contributed by atoms with Crippen LogP contribution in [0.25, 0.3) is 0 Å². The Morgan fingerprint density at radius 2 is 1.97 bits per heavy atom. The highest BCUT2D eigenvalue weighted by Crippen LogP contribution is 2.45. The van der Waals surface area contributed by atoms with Crippen LogP contribution in [-0.2, 0) is 23.4 Å². The van der Waals surface area contributed by atoms with Crippen LogP contribution in [0.2, 0.25) is 0 Å². The second-order valence-corrected chi connectivity index (χ2v) is 9.90. The number of para-hydroxylation sites is 1. The average molecular weight is 511 g/mol. The summed E-state index contributed by atoms with van der Waals surface area (Å²) in [6.45, 7) is 4.37. The highest BCUT2D eigenvalue weighted by molar-refractivity contribution is 7.52. The number of rotatable bonds is 10. The smallest absolute Gasteiger partial charge is 0.459 e. The van der Waals surface area contributed by atoms with E-state index < -0.39 is 56.5 Å². The molecule has 13 nitrogen and oxygen atoms in total. The van der Waals surface area contributed by atoms with Crippen molar-refractivity contribution in [1.29, 1.82) is 0 Å². The van der Waals surface area contributed by atoms with E-state index in [1.807, 2.05) is 0 Å². The fraction of sp³-hybridized carbons (Fsp3) is 0.476. The van der Waals surface area contributed by atoms with E-state index in [2.05, 4.69) is 10.1 Å². The van der Waals surface area contributed by atoms with Gasteiger partial charge in [0.05, 0.1) is 18.8 Å². The first-order valence-corrected chi connectivity index (χ1v) is 12.4. The molecule has 6 N–H and O–H groups in total. The molecule has 0 amide bonds. The molecule has 6 atom stereocenters. The largest absolute Gasteiger partial charge is 0.462 e. The van der Waals surface area contributed by atoms with Crippen LogP contribution < -0.4 is 26.8 Å². The minimum atomic E-state index is -4.18. The van der Waals surface area contributed by atoms with Gasteiger partial charge in [-0.2, -0.15) is 10.1 Å². The molecule has 1 saturated heterocycles. The highest BCUT2D eigenvalue weighted by Gasteiger charge is 2.44. The number of aromatic nitrogens is 2. The number of hydrogen-bond donors (Lipinski definition) is 4. The monoisotopic (exact) mass is 511 g/mol. The Morgan fingerprint density at radius 3 is 2.60 bits per heavy atom. The summed E-state index contributed by atoms with van der Waals surface area (Å²) in [7, 11) is -4.18. The molecule has 35 heavy (non-hydrogen) atoms. The molecule has 2 aromatic rings. The first kappa shape index (κ1) is 26.8. The quantitative estimate of drug-likeness (QED) is 0.256. The minimum Gasteiger partial charge on any atom is -0.462 e. The van der Waals surface area contributed by atoms with Gasteiger partial charge in [-0.05, 0) is 39.0 Å². The Kier molecular flexibility index (Phi) is 8.65. The van der Waals surface area contributed by atoms with Crippen molar-refractivity contribution in [3.63, 3.8) is 0 Å². The summed E-state index contributed by atoms with van der Waals surface area (Å²) in [6.07, 6.45) is -2.46. The Hall–Kier alpha value is -2.80. The number of esters is 1. The average Bonchev–Trinajstić information content (AvgIpc) is 3.06. The summed E-state index contributed by atoms with van der Waals surface area (Å²) >= 11 is 0. The number of nitrogens with one attached hydrogen (secondary N) is 1. The lowest BCUT2D eigenvalue weighted by Gasteiger charge is -2.25. The molecule has 2 heterocycles. The van der Waals surface area contributed by atoms with Gasteiger partial charge >= 0.3 is 19.4 Å². The molecule has 0 saturated carbocycles. The lowest BCUT2D eigenvalue weighted by atomic mass is 10.1. The molecule has 0 aliphatic carbocycles. The fourth-order valence-electron chi connectivity index (χ4n) is 3.28. The van der Waals surface area contributed by atoms with Crippen molar-refractivity contribution >= 4 is 19.5 Å². The number of carbonyl (C=O) groups excluding carboxylic acids is 1. The summed E-state index contributed by atoms with van der Waals surface area (Å²) in [5.41, 5.74) is 10.9. The maximum atomic E-state index is 13.6. The third kappa shape index (κ3) is 6.88. The second-order valence-electron chi connectivity index (χ2n) is 8.21. The Morgan fingerprint density at radius 1 is 1.29 bits per heavy atom. The molecular formula is C21H30N5O8P. The number of anilines is 1. The number of aliphatic hydroxyl groups excluding tert-OH is 1. The summed E-state index contributed by atoms with van der Waals surface area (Å²) < 4.78 is 36.6. The molecule has 1 aromatic heterocycles. The Bertz CT molecular complexity index is 1110. The van der Waals surface area contributed by atoms with Crippen LogP contribution in [0.1, 0.15) is 27.0 Å². The highest BCUT2D eigenvalue weighted by atomic mass is 31.2. The van der Waals surface area contributed by atoms with Crippen molar-refractivity contribution < 1.29 is 33.0 Å². The van der Waals surface area contributed by atoms with E-state index in [0.717, 1.165) is 4.57 Å². The van der Waals surface area contributed by atoms with Crippen molar-refractivity contribution in [3.05, 3.63) is 53.1 Å².